The summed E-state index contributed by atoms with van der Waals surface area (Å²) in [6.45, 7) is 7.22. The van der Waals surface area contributed by atoms with Crippen molar-refractivity contribution in [3.63, 3.8) is 0 Å². The Kier molecular flexibility index (Phi) is 7.32. The Labute approximate surface area is 225 Å². The fraction of sp³-hybridized carbons (Fsp3) is 0.182. The molecule has 4 aromatic carbocycles. The summed E-state index contributed by atoms with van der Waals surface area (Å²) in [4.78, 5) is 13.2. The van der Waals surface area contributed by atoms with E-state index in [0.29, 0.717) is 18.8 Å². The first kappa shape index (κ1) is 25.7. The molecule has 4 nitrogen and oxygen atoms in total. The number of oxazole rings is 1. The van der Waals surface area contributed by atoms with Gasteiger partial charge >= 0.3 is 5.76 Å². The number of hydrogen-bond donors (Lipinski definition) is 0. The highest BCUT2D eigenvalue weighted by Gasteiger charge is 2.50. The van der Waals surface area contributed by atoms with E-state index in [-0.39, 0.29) is 5.04 Å². The van der Waals surface area contributed by atoms with Crippen LogP contribution in [-0.2, 0) is 10.8 Å². The largest absolute Gasteiger partial charge is 0.424 e. The Morgan fingerprint density at radius 3 is 1.68 bits per heavy atom. The predicted molar refractivity (Wildman–Crippen MR) is 157 cm³/mol. The molecule has 5 heteroatoms. The number of hydrogen-bond acceptors (Lipinski definition) is 3. The molecule has 1 heterocycles. The van der Waals surface area contributed by atoms with Gasteiger partial charge in [0.15, 0.2) is 0 Å². The van der Waals surface area contributed by atoms with Crippen molar-refractivity contribution >= 4 is 18.7 Å². The van der Waals surface area contributed by atoms with Gasteiger partial charge in [-0.1, -0.05) is 130 Å². The van der Waals surface area contributed by atoms with Crippen molar-refractivity contribution in [3.8, 4) is 16.9 Å². The van der Waals surface area contributed by atoms with E-state index in [1.54, 1.807) is 4.57 Å². The summed E-state index contributed by atoms with van der Waals surface area (Å²) in [5.74, 6) is 0.235. The summed E-state index contributed by atoms with van der Waals surface area (Å²) in [5.41, 5.74) is 2.48. The lowest BCUT2D eigenvalue weighted by atomic mass is 10.1. The van der Waals surface area contributed by atoms with Gasteiger partial charge in [0.05, 0.1) is 11.4 Å². The predicted octanol–water partition coefficient (Wildman–Crippen LogP) is 6.22. The molecule has 0 aliphatic heterocycles. The molecule has 0 spiro atoms. The molecule has 0 aliphatic rings. The number of aromatic nitrogens is 1. The number of para-hydroxylation sites is 1. The second-order valence-electron chi connectivity index (χ2n) is 10.4. The summed E-state index contributed by atoms with van der Waals surface area (Å²) in [6, 6.07) is 40.8. The van der Waals surface area contributed by atoms with Crippen LogP contribution >= 0.6 is 0 Å². The van der Waals surface area contributed by atoms with Crippen LogP contribution in [0.3, 0.4) is 0 Å². The zero-order valence-corrected chi connectivity index (χ0v) is 23.1. The van der Waals surface area contributed by atoms with Gasteiger partial charge in [0.2, 0.25) is 0 Å². The van der Waals surface area contributed by atoms with E-state index in [2.05, 4.69) is 69.3 Å². The van der Waals surface area contributed by atoms with Gasteiger partial charge in [-0.25, -0.2) is 9.36 Å². The van der Waals surface area contributed by atoms with Crippen LogP contribution in [0.2, 0.25) is 5.04 Å². The summed E-state index contributed by atoms with van der Waals surface area (Å²) in [5, 5.41) is 2.32. The molecule has 38 heavy (non-hydrogen) atoms. The van der Waals surface area contributed by atoms with Crippen LogP contribution in [0, 0.1) is 0 Å². The molecule has 0 aliphatic carbocycles. The third-order valence-electron chi connectivity index (χ3n) is 7.01. The standard InChI is InChI=1S/C33H33NO3Si/c1-33(2,3)38(28-20-12-6-13-21-28,29-22-14-7-15-23-29)36-25-24-30-31(26-16-8-4-9-17-26)34(32(35)37-30)27-18-10-5-11-19-27/h4-23H,24-25H2,1-3H3. The van der Waals surface area contributed by atoms with Gasteiger partial charge < -0.3 is 8.84 Å². The van der Waals surface area contributed by atoms with Crippen molar-refractivity contribution in [2.24, 2.45) is 0 Å². The molecule has 0 unspecified atom stereocenters. The third kappa shape index (κ3) is 4.83. The minimum Gasteiger partial charge on any atom is -0.412 e. The topological polar surface area (TPSA) is 44.4 Å². The molecule has 5 aromatic rings. The molecule has 0 saturated heterocycles. The molecule has 0 amide bonds. The van der Waals surface area contributed by atoms with Gasteiger partial charge in [0.25, 0.3) is 8.32 Å². The Bertz CT molecular complexity index is 1480. The second kappa shape index (κ2) is 10.8. The number of nitrogens with zero attached hydrogens (tertiary/aromatic N) is 1. The molecule has 0 saturated carbocycles. The van der Waals surface area contributed by atoms with Crippen molar-refractivity contribution in [1.29, 1.82) is 0 Å². The highest BCUT2D eigenvalue weighted by molar-refractivity contribution is 6.99. The minimum absolute atomic E-state index is 0.130. The first-order valence-corrected chi connectivity index (χ1v) is 14.9. The molecule has 192 valence electrons. The molecule has 0 radical (unpaired) electrons. The number of rotatable bonds is 8. The van der Waals surface area contributed by atoms with E-state index in [4.69, 9.17) is 8.84 Å². The molecular weight excluding hydrogens is 486 g/mol. The molecule has 1 aromatic heterocycles. The second-order valence-corrected chi connectivity index (χ2v) is 14.7. The van der Waals surface area contributed by atoms with Crippen LogP contribution in [0.5, 0.6) is 0 Å². The average Bonchev–Trinajstić information content (AvgIpc) is 3.28. The summed E-state index contributed by atoms with van der Waals surface area (Å²) in [7, 11) is -2.70. The fourth-order valence-corrected chi connectivity index (χ4v) is 9.90. The lowest BCUT2D eigenvalue weighted by molar-refractivity contribution is 0.289. The molecule has 0 bridgehead atoms. The fourth-order valence-electron chi connectivity index (χ4n) is 5.34. The molecule has 5 rings (SSSR count). The lowest BCUT2D eigenvalue weighted by Gasteiger charge is -2.43. The van der Waals surface area contributed by atoms with Crippen molar-refractivity contribution in [1.82, 2.24) is 4.57 Å². The van der Waals surface area contributed by atoms with Crippen LogP contribution in [-0.4, -0.2) is 19.5 Å². The smallest absolute Gasteiger partial charge is 0.412 e. The zero-order valence-electron chi connectivity index (χ0n) is 22.1. The summed E-state index contributed by atoms with van der Waals surface area (Å²) >= 11 is 0. The van der Waals surface area contributed by atoms with Gasteiger partial charge in [-0.05, 0) is 27.5 Å². The lowest BCUT2D eigenvalue weighted by Crippen LogP contribution is -2.66. The Balaban J connectivity index is 1.56. The maximum atomic E-state index is 13.2. The van der Waals surface area contributed by atoms with E-state index >= 15 is 0 Å². The number of benzene rings is 4. The van der Waals surface area contributed by atoms with E-state index in [1.807, 2.05) is 72.8 Å². The summed E-state index contributed by atoms with van der Waals surface area (Å²) in [6.07, 6.45) is 0.476. The molecular formula is C33H33NO3Si. The average molecular weight is 520 g/mol. The zero-order chi connectivity index (χ0) is 26.6. The van der Waals surface area contributed by atoms with Crippen LogP contribution in [0.15, 0.2) is 131 Å². The van der Waals surface area contributed by atoms with Gasteiger partial charge in [-0.15, -0.1) is 0 Å². The van der Waals surface area contributed by atoms with Gasteiger partial charge in [0.1, 0.15) is 5.76 Å². The van der Waals surface area contributed by atoms with Crippen LogP contribution < -0.4 is 16.1 Å². The Morgan fingerprint density at radius 2 is 1.18 bits per heavy atom. The SMILES string of the molecule is CC(C)(C)[Si](OCCc1oc(=O)n(-c2ccccc2)c1-c1ccccc1)(c1ccccc1)c1ccccc1. The van der Waals surface area contributed by atoms with E-state index < -0.39 is 14.1 Å². The van der Waals surface area contributed by atoms with Gasteiger partial charge in [0, 0.05) is 18.6 Å². The van der Waals surface area contributed by atoms with E-state index in [9.17, 15) is 4.79 Å². The van der Waals surface area contributed by atoms with Crippen LogP contribution in [0.4, 0.5) is 0 Å². The van der Waals surface area contributed by atoms with Crippen molar-refractivity contribution in [2.75, 3.05) is 6.61 Å². The van der Waals surface area contributed by atoms with Crippen LogP contribution in [0.1, 0.15) is 26.5 Å². The Hall–Kier alpha value is -3.93. The highest BCUT2D eigenvalue weighted by Crippen LogP contribution is 2.37. The maximum absolute atomic E-state index is 13.2. The van der Waals surface area contributed by atoms with Gasteiger partial charge in [-0.3, -0.25) is 0 Å². The maximum Gasteiger partial charge on any atom is 0.424 e. The normalized spacial score (nSPS) is 12.0. The first-order valence-electron chi connectivity index (χ1n) is 13.0. The highest BCUT2D eigenvalue weighted by atomic mass is 28.4. The molecule has 0 fully saturated rings. The van der Waals surface area contributed by atoms with Crippen molar-refractivity contribution < 1.29 is 8.84 Å². The first-order chi connectivity index (χ1) is 18.4. The quantitative estimate of drug-likeness (QED) is 0.229. The molecule has 0 atom stereocenters. The van der Waals surface area contributed by atoms with E-state index in [0.717, 1.165) is 16.9 Å². The van der Waals surface area contributed by atoms with Crippen LogP contribution in [0.25, 0.3) is 16.9 Å². The van der Waals surface area contributed by atoms with Gasteiger partial charge in [-0.2, -0.15) is 0 Å². The van der Waals surface area contributed by atoms with Crippen molar-refractivity contribution in [3.05, 3.63) is 138 Å². The Morgan fingerprint density at radius 1 is 0.711 bits per heavy atom. The summed E-state index contributed by atoms with van der Waals surface area (Å²) < 4.78 is 14.7. The monoisotopic (exact) mass is 519 g/mol. The van der Waals surface area contributed by atoms with Crippen molar-refractivity contribution in [2.45, 2.75) is 32.2 Å². The third-order valence-corrected chi connectivity index (χ3v) is 12.0. The minimum atomic E-state index is -2.70. The molecule has 0 N–H and O–H groups in total. The van der Waals surface area contributed by atoms with E-state index in [1.165, 1.54) is 10.4 Å².